The average Bonchev–Trinajstić information content (AvgIpc) is 2.71. The molecule has 0 spiro atoms. The summed E-state index contributed by atoms with van der Waals surface area (Å²) in [6.45, 7) is 6.16. The summed E-state index contributed by atoms with van der Waals surface area (Å²) in [7, 11) is -3.71. The Morgan fingerprint density at radius 2 is 1.86 bits per heavy atom. The van der Waals surface area contributed by atoms with Crippen LogP contribution in [-0.2, 0) is 20.6 Å². The van der Waals surface area contributed by atoms with Crippen LogP contribution in [0.2, 0.25) is 0 Å². The maximum absolute atomic E-state index is 13.0. The van der Waals surface area contributed by atoms with Crippen molar-refractivity contribution in [3.05, 3.63) is 53.8 Å². The number of anilines is 2. The van der Waals surface area contributed by atoms with E-state index < -0.39 is 21.3 Å². The minimum Gasteiger partial charge on any atom is -0.490 e. The fraction of sp³-hybridized carbons (Fsp3) is 0.350. The minimum atomic E-state index is -3.71. The van der Waals surface area contributed by atoms with Gasteiger partial charge in [0.2, 0.25) is 15.9 Å². The van der Waals surface area contributed by atoms with Gasteiger partial charge in [0, 0.05) is 6.54 Å². The Hall–Kier alpha value is -2.61. The zero-order valence-electron chi connectivity index (χ0n) is 16.0. The van der Waals surface area contributed by atoms with Crippen LogP contribution in [0.4, 0.5) is 15.8 Å². The molecule has 0 fully saturated rings. The van der Waals surface area contributed by atoms with Crippen LogP contribution < -0.4 is 14.4 Å². The molecule has 2 aromatic carbocycles. The molecule has 2 aromatic rings. The number of carbonyl (C=O) groups is 1. The Morgan fingerprint density at radius 3 is 2.50 bits per heavy atom. The van der Waals surface area contributed by atoms with Gasteiger partial charge >= 0.3 is 0 Å². The molecular formula is C20H23FN2O4S. The molecule has 0 bridgehead atoms. The summed E-state index contributed by atoms with van der Waals surface area (Å²) in [6.07, 6.45) is 0. The fourth-order valence-electron chi connectivity index (χ4n) is 3.04. The Bertz CT molecular complexity index is 988. The van der Waals surface area contributed by atoms with Gasteiger partial charge in [-0.1, -0.05) is 12.1 Å². The summed E-state index contributed by atoms with van der Waals surface area (Å²) >= 11 is 0. The van der Waals surface area contributed by atoms with Gasteiger partial charge < -0.3 is 9.64 Å². The summed E-state index contributed by atoms with van der Waals surface area (Å²) in [6, 6.07) is 10.1. The molecule has 1 aliphatic rings. The van der Waals surface area contributed by atoms with Gasteiger partial charge in [0.15, 0.2) is 0 Å². The summed E-state index contributed by atoms with van der Waals surface area (Å²) in [5.74, 6) is -0.265. The summed E-state index contributed by atoms with van der Waals surface area (Å²) in [4.78, 5) is 14.4. The van der Waals surface area contributed by atoms with Crippen molar-refractivity contribution in [2.75, 3.05) is 22.8 Å². The van der Waals surface area contributed by atoms with Crippen molar-refractivity contribution >= 4 is 27.3 Å². The van der Waals surface area contributed by atoms with E-state index in [9.17, 15) is 17.6 Å². The number of rotatable bonds is 5. The summed E-state index contributed by atoms with van der Waals surface area (Å²) in [5.41, 5.74) is 0.645. The van der Waals surface area contributed by atoms with Gasteiger partial charge in [-0.2, -0.15) is 0 Å². The van der Waals surface area contributed by atoms with Gasteiger partial charge in [-0.05, 0) is 56.7 Å². The molecule has 0 saturated carbocycles. The van der Waals surface area contributed by atoms with Crippen LogP contribution in [-0.4, -0.2) is 27.5 Å². The molecular weight excluding hydrogens is 383 g/mol. The molecule has 3 rings (SSSR count). The van der Waals surface area contributed by atoms with E-state index in [4.69, 9.17) is 4.74 Å². The third-order valence-corrected chi connectivity index (χ3v) is 5.78. The first-order valence-electron chi connectivity index (χ1n) is 8.95. The molecule has 0 unspecified atom stereocenters. The first-order valence-corrected chi connectivity index (χ1v) is 10.6. The smallest absolute Gasteiger partial charge is 0.236 e. The molecule has 1 heterocycles. The lowest BCUT2D eigenvalue weighted by Crippen LogP contribution is -2.42. The Morgan fingerprint density at radius 1 is 1.18 bits per heavy atom. The first kappa shape index (κ1) is 20.1. The molecule has 0 saturated heterocycles. The number of hydrogen-bond acceptors (Lipinski definition) is 4. The number of amides is 1. The quantitative estimate of drug-likeness (QED) is 0.824. The average molecular weight is 406 g/mol. The summed E-state index contributed by atoms with van der Waals surface area (Å²) < 4.78 is 46.3. The van der Waals surface area contributed by atoms with E-state index in [2.05, 4.69) is 4.72 Å². The van der Waals surface area contributed by atoms with Crippen LogP contribution in [0.15, 0.2) is 42.5 Å². The number of hydrogen-bond donors (Lipinski definition) is 1. The van der Waals surface area contributed by atoms with Crippen molar-refractivity contribution in [3.8, 4) is 5.75 Å². The molecule has 8 heteroatoms. The van der Waals surface area contributed by atoms with Crippen LogP contribution in [0.1, 0.15) is 26.3 Å². The van der Waals surface area contributed by atoms with Crippen molar-refractivity contribution in [2.24, 2.45) is 5.41 Å². The number of benzene rings is 2. The number of ether oxygens (including phenoxy) is 1. The SMILES string of the molecule is CCN1C(=O)C(C)(C)COc2ccc(NS(=O)(=O)Cc3ccc(F)cc3)cc21. The topological polar surface area (TPSA) is 75.7 Å². The maximum Gasteiger partial charge on any atom is 0.236 e. The van der Waals surface area contributed by atoms with Gasteiger partial charge in [0.25, 0.3) is 0 Å². The molecule has 28 heavy (non-hydrogen) atoms. The molecule has 150 valence electrons. The predicted octanol–water partition coefficient (Wildman–Crippen LogP) is 3.54. The van der Waals surface area contributed by atoms with Gasteiger partial charge in [-0.3, -0.25) is 9.52 Å². The van der Waals surface area contributed by atoms with E-state index in [0.717, 1.165) is 0 Å². The zero-order valence-corrected chi connectivity index (χ0v) is 16.8. The van der Waals surface area contributed by atoms with E-state index in [1.54, 1.807) is 23.1 Å². The lowest BCUT2D eigenvalue weighted by atomic mass is 9.93. The number of carbonyl (C=O) groups excluding carboxylic acids is 1. The second kappa shape index (κ2) is 7.43. The number of fused-ring (bicyclic) bond motifs is 1. The van der Waals surface area contributed by atoms with E-state index in [0.29, 0.717) is 29.2 Å². The normalized spacial score (nSPS) is 16.1. The Balaban J connectivity index is 1.87. The fourth-order valence-corrected chi connectivity index (χ4v) is 4.23. The lowest BCUT2D eigenvalue weighted by Gasteiger charge is -2.27. The molecule has 0 radical (unpaired) electrons. The van der Waals surface area contributed by atoms with Crippen molar-refractivity contribution in [2.45, 2.75) is 26.5 Å². The van der Waals surface area contributed by atoms with Gasteiger partial charge in [-0.15, -0.1) is 0 Å². The third kappa shape index (κ3) is 4.27. The highest BCUT2D eigenvalue weighted by molar-refractivity contribution is 7.91. The third-order valence-electron chi connectivity index (χ3n) is 4.52. The lowest BCUT2D eigenvalue weighted by molar-refractivity contribution is -0.127. The van der Waals surface area contributed by atoms with Gasteiger partial charge in [0.05, 0.1) is 22.5 Å². The van der Waals surface area contributed by atoms with E-state index in [1.165, 1.54) is 24.3 Å². The van der Waals surface area contributed by atoms with Crippen LogP contribution in [0, 0.1) is 11.2 Å². The Labute approximate surface area is 164 Å². The van der Waals surface area contributed by atoms with Crippen LogP contribution in [0.5, 0.6) is 5.75 Å². The van der Waals surface area contributed by atoms with E-state index in [1.807, 2.05) is 20.8 Å². The van der Waals surface area contributed by atoms with Crippen LogP contribution >= 0.6 is 0 Å². The molecule has 1 amide bonds. The highest BCUT2D eigenvalue weighted by Crippen LogP contribution is 2.38. The zero-order chi connectivity index (χ0) is 20.5. The summed E-state index contributed by atoms with van der Waals surface area (Å²) in [5, 5.41) is 0. The van der Waals surface area contributed by atoms with Crippen molar-refractivity contribution in [3.63, 3.8) is 0 Å². The molecule has 6 nitrogen and oxygen atoms in total. The van der Waals surface area contributed by atoms with Gasteiger partial charge in [-0.25, -0.2) is 12.8 Å². The van der Waals surface area contributed by atoms with E-state index in [-0.39, 0.29) is 18.3 Å². The predicted molar refractivity (Wildman–Crippen MR) is 106 cm³/mol. The highest BCUT2D eigenvalue weighted by atomic mass is 32.2. The van der Waals surface area contributed by atoms with Crippen molar-refractivity contribution in [1.82, 2.24) is 0 Å². The molecule has 1 N–H and O–H groups in total. The standard InChI is InChI=1S/C20H23FN2O4S/c1-4-23-17-11-16(9-10-18(17)27-13-20(2,3)19(23)24)22-28(25,26)12-14-5-7-15(21)8-6-14/h5-11,22H,4,12-13H2,1-3H3. The number of halogens is 1. The Kier molecular flexibility index (Phi) is 5.34. The maximum atomic E-state index is 13.0. The second-order valence-corrected chi connectivity index (χ2v) is 9.11. The molecule has 0 aliphatic carbocycles. The van der Waals surface area contributed by atoms with Crippen LogP contribution in [0.25, 0.3) is 0 Å². The number of sulfonamides is 1. The minimum absolute atomic E-state index is 0.0833. The molecule has 0 aromatic heterocycles. The van der Waals surface area contributed by atoms with Gasteiger partial charge in [0.1, 0.15) is 18.2 Å². The first-order chi connectivity index (χ1) is 13.1. The largest absolute Gasteiger partial charge is 0.490 e. The monoisotopic (exact) mass is 406 g/mol. The van der Waals surface area contributed by atoms with Crippen molar-refractivity contribution in [1.29, 1.82) is 0 Å². The van der Waals surface area contributed by atoms with Crippen molar-refractivity contribution < 1.29 is 22.3 Å². The number of nitrogens with zero attached hydrogens (tertiary/aromatic N) is 1. The highest BCUT2D eigenvalue weighted by Gasteiger charge is 2.37. The van der Waals surface area contributed by atoms with E-state index >= 15 is 0 Å². The molecule has 0 atom stereocenters. The second-order valence-electron chi connectivity index (χ2n) is 7.39. The van der Waals surface area contributed by atoms with Crippen LogP contribution in [0.3, 0.4) is 0 Å². The number of nitrogens with one attached hydrogen (secondary N) is 1. The molecule has 1 aliphatic heterocycles.